The number of nitrogens with zero attached hydrogens (tertiary/aromatic N) is 1. The van der Waals surface area contributed by atoms with Gasteiger partial charge in [0.1, 0.15) is 0 Å². The molecule has 1 aliphatic heterocycles. The number of fused-ring (bicyclic) bond motifs is 1. The first-order chi connectivity index (χ1) is 14.9. The Bertz CT molecular complexity index is 1030. The molecular formula is C25H32N2O3S. The quantitative estimate of drug-likeness (QED) is 0.700. The number of benzene rings is 2. The first kappa shape index (κ1) is 22.0. The van der Waals surface area contributed by atoms with Crippen molar-refractivity contribution in [2.45, 2.75) is 56.9 Å². The van der Waals surface area contributed by atoms with Crippen LogP contribution in [0.3, 0.4) is 0 Å². The minimum atomic E-state index is -3.46. The molecule has 0 aromatic heterocycles. The molecule has 2 aromatic rings. The lowest BCUT2D eigenvalue weighted by atomic mass is 10.00. The molecule has 1 heterocycles. The van der Waals surface area contributed by atoms with Crippen LogP contribution in [0, 0.1) is 5.92 Å². The Morgan fingerprint density at radius 2 is 1.84 bits per heavy atom. The number of anilines is 1. The van der Waals surface area contributed by atoms with E-state index in [4.69, 9.17) is 0 Å². The summed E-state index contributed by atoms with van der Waals surface area (Å²) in [7, 11) is -3.46. The van der Waals surface area contributed by atoms with Crippen molar-refractivity contribution in [3.8, 4) is 0 Å². The fourth-order valence-corrected chi connectivity index (χ4v) is 5.98. The second-order valence-corrected chi connectivity index (χ2v) is 11.2. The zero-order valence-corrected chi connectivity index (χ0v) is 19.1. The minimum absolute atomic E-state index is 0.0488. The summed E-state index contributed by atoms with van der Waals surface area (Å²) in [6, 6.07) is 13.3. The van der Waals surface area contributed by atoms with Crippen LogP contribution in [-0.2, 0) is 34.0 Å². The highest BCUT2D eigenvalue weighted by molar-refractivity contribution is 7.91. The molecule has 4 rings (SSSR count). The molecule has 1 fully saturated rings. The summed E-state index contributed by atoms with van der Waals surface area (Å²) in [5.74, 6) is 0.297. The standard InChI is InChI=1S/C25H32N2O3S/c1-19-4-3-14-27(17-19)18-20-7-10-23(11-8-20)26-25(28)13-15-31(29,30)24-12-9-21-5-2-6-22(21)16-24/h7-12,16,19H,2-6,13-15,17-18H2,1H3,(H,26,28). The number of carbonyl (C=O) groups is 1. The molecule has 0 saturated carbocycles. The van der Waals surface area contributed by atoms with Crippen LogP contribution in [0.25, 0.3) is 0 Å². The van der Waals surface area contributed by atoms with E-state index in [-0.39, 0.29) is 18.1 Å². The van der Waals surface area contributed by atoms with E-state index in [1.807, 2.05) is 30.3 Å². The van der Waals surface area contributed by atoms with Gasteiger partial charge in [0.05, 0.1) is 10.6 Å². The number of likely N-dealkylation sites (tertiary alicyclic amines) is 1. The maximum Gasteiger partial charge on any atom is 0.225 e. The van der Waals surface area contributed by atoms with Gasteiger partial charge in [0.2, 0.25) is 5.91 Å². The number of hydrogen-bond acceptors (Lipinski definition) is 4. The third-order valence-electron chi connectivity index (χ3n) is 6.41. The zero-order chi connectivity index (χ0) is 21.8. The number of aryl methyl sites for hydroxylation is 2. The third kappa shape index (κ3) is 5.74. The molecule has 2 aromatic carbocycles. The highest BCUT2D eigenvalue weighted by Gasteiger charge is 2.20. The van der Waals surface area contributed by atoms with Crippen LogP contribution >= 0.6 is 0 Å². The molecule has 166 valence electrons. The van der Waals surface area contributed by atoms with Crippen molar-refractivity contribution < 1.29 is 13.2 Å². The van der Waals surface area contributed by atoms with E-state index in [2.05, 4.69) is 17.1 Å². The van der Waals surface area contributed by atoms with E-state index in [1.54, 1.807) is 12.1 Å². The Labute approximate surface area is 185 Å². The smallest absolute Gasteiger partial charge is 0.225 e. The lowest BCUT2D eigenvalue weighted by Gasteiger charge is -2.30. The number of nitrogens with one attached hydrogen (secondary N) is 1. The van der Waals surface area contributed by atoms with Crippen molar-refractivity contribution in [1.82, 2.24) is 4.90 Å². The molecule has 5 nitrogen and oxygen atoms in total. The molecule has 1 unspecified atom stereocenters. The van der Waals surface area contributed by atoms with Crippen molar-refractivity contribution in [1.29, 1.82) is 0 Å². The Balaban J connectivity index is 1.28. The van der Waals surface area contributed by atoms with Gasteiger partial charge in [-0.05, 0) is 85.5 Å². The van der Waals surface area contributed by atoms with Crippen LogP contribution in [-0.4, -0.2) is 38.1 Å². The zero-order valence-electron chi connectivity index (χ0n) is 18.3. The van der Waals surface area contributed by atoms with Crippen LogP contribution in [0.5, 0.6) is 0 Å². The van der Waals surface area contributed by atoms with Gasteiger partial charge in [-0.2, -0.15) is 0 Å². The Kier molecular flexibility index (Phi) is 6.77. The van der Waals surface area contributed by atoms with E-state index in [0.717, 1.165) is 50.4 Å². The predicted octanol–water partition coefficient (Wildman–Crippen LogP) is 4.21. The van der Waals surface area contributed by atoms with Crippen molar-refractivity contribution in [2.24, 2.45) is 5.92 Å². The molecule has 6 heteroatoms. The number of rotatable bonds is 7. The second kappa shape index (κ2) is 9.53. The first-order valence-electron chi connectivity index (χ1n) is 11.3. The summed E-state index contributed by atoms with van der Waals surface area (Å²) in [6.07, 6.45) is 5.55. The number of carbonyl (C=O) groups excluding carboxylic acids is 1. The van der Waals surface area contributed by atoms with Gasteiger partial charge in [0.25, 0.3) is 0 Å². The van der Waals surface area contributed by atoms with E-state index in [1.165, 1.54) is 24.0 Å². The lowest BCUT2D eigenvalue weighted by Crippen LogP contribution is -2.33. The van der Waals surface area contributed by atoms with E-state index in [0.29, 0.717) is 10.6 Å². The van der Waals surface area contributed by atoms with Gasteiger partial charge in [-0.1, -0.05) is 25.1 Å². The fourth-order valence-electron chi connectivity index (χ4n) is 4.69. The Morgan fingerprint density at radius 1 is 1.06 bits per heavy atom. The van der Waals surface area contributed by atoms with Crippen LogP contribution in [0.2, 0.25) is 0 Å². The summed E-state index contributed by atoms with van der Waals surface area (Å²) < 4.78 is 25.3. The normalized spacial score (nSPS) is 19.2. The van der Waals surface area contributed by atoms with Crippen molar-refractivity contribution in [3.05, 3.63) is 59.2 Å². The molecule has 1 N–H and O–H groups in total. The lowest BCUT2D eigenvalue weighted by molar-refractivity contribution is -0.115. The molecule has 1 atom stereocenters. The fraction of sp³-hybridized carbons (Fsp3) is 0.480. The summed E-state index contributed by atoms with van der Waals surface area (Å²) in [6.45, 7) is 5.51. The first-order valence-corrected chi connectivity index (χ1v) is 13.0. The average Bonchev–Trinajstić information content (AvgIpc) is 3.22. The maximum atomic E-state index is 12.7. The average molecular weight is 441 g/mol. The molecule has 31 heavy (non-hydrogen) atoms. The molecule has 0 spiro atoms. The number of hydrogen-bond donors (Lipinski definition) is 1. The minimum Gasteiger partial charge on any atom is -0.326 e. The van der Waals surface area contributed by atoms with Gasteiger partial charge in [-0.15, -0.1) is 0 Å². The van der Waals surface area contributed by atoms with Crippen LogP contribution in [0.15, 0.2) is 47.4 Å². The van der Waals surface area contributed by atoms with Crippen molar-refractivity contribution in [2.75, 3.05) is 24.2 Å². The Hall–Kier alpha value is -2.18. The molecule has 1 aliphatic carbocycles. The largest absolute Gasteiger partial charge is 0.326 e. The molecule has 0 radical (unpaired) electrons. The van der Waals surface area contributed by atoms with Gasteiger partial charge in [0.15, 0.2) is 9.84 Å². The van der Waals surface area contributed by atoms with Gasteiger partial charge in [-0.25, -0.2) is 8.42 Å². The molecule has 2 aliphatic rings. The van der Waals surface area contributed by atoms with E-state index >= 15 is 0 Å². The van der Waals surface area contributed by atoms with Crippen LogP contribution in [0.1, 0.15) is 49.3 Å². The predicted molar refractivity (Wildman–Crippen MR) is 124 cm³/mol. The van der Waals surface area contributed by atoms with Gasteiger partial charge >= 0.3 is 0 Å². The van der Waals surface area contributed by atoms with Crippen molar-refractivity contribution >= 4 is 21.4 Å². The van der Waals surface area contributed by atoms with E-state index < -0.39 is 9.84 Å². The second-order valence-electron chi connectivity index (χ2n) is 9.08. The number of piperidine rings is 1. The number of amides is 1. The number of sulfone groups is 1. The summed E-state index contributed by atoms with van der Waals surface area (Å²) in [5, 5.41) is 2.83. The van der Waals surface area contributed by atoms with Gasteiger partial charge in [0, 0.05) is 25.2 Å². The summed E-state index contributed by atoms with van der Waals surface area (Å²) in [5.41, 5.74) is 4.31. The summed E-state index contributed by atoms with van der Waals surface area (Å²) >= 11 is 0. The summed E-state index contributed by atoms with van der Waals surface area (Å²) in [4.78, 5) is 15.1. The topological polar surface area (TPSA) is 66.5 Å². The monoisotopic (exact) mass is 440 g/mol. The van der Waals surface area contributed by atoms with Crippen molar-refractivity contribution in [3.63, 3.8) is 0 Å². The van der Waals surface area contributed by atoms with Crippen LogP contribution in [0.4, 0.5) is 5.69 Å². The van der Waals surface area contributed by atoms with Gasteiger partial charge in [-0.3, -0.25) is 9.69 Å². The highest BCUT2D eigenvalue weighted by Crippen LogP contribution is 2.25. The molecule has 1 saturated heterocycles. The molecule has 0 bridgehead atoms. The van der Waals surface area contributed by atoms with Crippen LogP contribution < -0.4 is 5.32 Å². The molecule has 1 amide bonds. The SMILES string of the molecule is CC1CCCN(Cc2ccc(NC(=O)CCS(=O)(=O)c3ccc4c(c3)CCC4)cc2)C1. The molecular weight excluding hydrogens is 408 g/mol. The highest BCUT2D eigenvalue weighted by atomic mass is 32.2. The van der Waals surface area contributed by atoms with E-state index in [9.17, 15) is 13.2 Å². The Morgan fingerprint density at radius 3 is 2.61 bits per heavy atom. The van der Waals surface area contributed by atoms with Gasteiger partial charge < -0.3 is 5.32 Å². The third-order valence-corrected chi connectivity index (χ3v) is 8.13. The maximum absolute atomic E-state index is 12.7.